The topological polar surface area (TPSA) is 33.3 Å². The van der Waals surface area contributed by atoms with Crippen LogP contribution in [0.2, 0.25) is 0 Å². The lowest BCUT2D eigenvalue weighted by Crippen LogP contribution is -2.27. The SMILES string of the molecule is CC(C)Oc1ccc(CNC(=S)Nc2ccc(C(F)(F)F)cc2)cc1. The third-order valence-electron chi connectivity index (χ3n) is 3.22. The fourth-order valence-corrected chi connectivity index (χ4v) is 2.25. The molecule has 0 fully saturated rings. The van der Waals surface area contributed by atoms with Gasteiger partial charge >= 0.3 is 6.18 Å². The Balaban J connectivity index is 1.84. The average molecular weight is 368 g/mol. The first-order chi connectivity index (χ1) is 11.7. The summed E-state index contributed by atoms with van der Waals surface area (Å²) in [5, 5.41) is 6.20. The molecule has 2 N–H and O–H groups in total. The molecule has 0 aliphatic heterocycles. The fraction of sp³-hybridized carbons (Fsp3) is 0.278. The molecule has 2 rings (SSSR count). The number of rotatable bonds is 5. The zero-order valence-electron chi connectivity index (χ0n) is 13.9. The van der Waals surface area contributed by atoms with E-state index in [1.54, 1.807) is 0 Å². The van der Waals surface area contributed by atoms with Crippen LogP contribution < -0.4 is 15.4 Å². The van der Waals surface area contributed by atoms with Crippen LogP contribution in [0.1, 0.15) is 25.0 Å². The molecule has 0 atom stereocenters. The van der Waals surface area contributed by atoms with E-state index in [2.05, 4.69) is 10.6 Å². The maximum Gasteiger partial charge on any atom is 0.416 e. The third-order valence-corrected chi connectivity index (χ3v) is 3.46. The van der Waals surface area contributed by atoms with E-state index in [0.29, 0.717) is 17.3 Å². The van der Waals surface area contributed by atoms with Gasteiger partial charge in [-0.05, 0) is 68.0 Å². The Kier molecular flexibility index (Phi) is 6.25. The Morgan fingerprint density at radius 3 is 2.16 bits per heavy atom. The van der Waals surface area contributed by atoms with Crippen LogP contribution >= 0.6 is 12.2 Å². The number of halogens is 3. The lowest BCUT2D eigenvalue weighted by molar-refractivity contribution is -0.137. The summed E-state index contributed by atoms with van der Waals surface area (Å²) >= 11 is 5.16. The van der Waals surface area contributed by atoms with Crippen LogP contribution in [0.4, 0.5) is 18.9 Å². The van der Waals surface area contributed by atoms with Crippen molar-refractivity contribution in [2.75, 3.05) is 5.32 Å². The van der Waals surface area contributed by atoms with E-state index in [4.69, 9.17) is 17.0 Å². The summed E-state index contributed by atoms with van der Waals surface area (Å²) in [6.45, 7) is 4.41. The number of hydrogen-bond acceptors (Lipinski definition) is 2. The first kappa shape index (κ1) is 19.1. The summed E-state index contributed by atoms with van der Waals surface area (Å²) in [5.74, 6) is 0.796. The minimum absolute atomic E-state index is 0.115. The molecule has 0 heterocycles. The molecule has 3 nitrogen and oxygen atoms in total. The van der Waals surface area contributed by atoms with Gasteiger partial charge in [0.25, 0.3) is 0 Å². The Bertz CT molecular complexity index is 698. The van der Waals surface area contributed by atoms with Crippen molar-refractivity contribution in [1.82, 2.24) is 5.32 Å². The molecular weight excluding hydrogens is 349 g/mol. The van der Waals surface area contributed by atoms with Crippen LogP contribution in [0, 0.1) is 0 Å². The van der Waals surface area contributed by atoms with Crippen molar-refractivity contribution in [2.24, 2.45) is 0 Å². The lowest BCUT2D eigenvalue weighted by Gasteiger charge is -2.13. The summed E-state index contributed by atoms with van der Waals surface area (Å²) in [6.07, 6.45) is -4.23. The Morgan fingerprint density at radius 2 is 1.64 bits per heavy atom. The summed E-state index contributed by atoms with van der Waals surface area (Å²) in [7, 11) is 0. The maximum atomic E-state index is 12.5. The second kappa shape index (κ2) is 8.20. The van der Waals surface area contributed by atoms with Gasteiger partial charge in [-0.1, -0.05) is 12.1 Å². The van der Waals surface area contributed by atoms with Crippen molar-refractivity contribution >= 4 is 23.0 Å². The van der Waals surface area contributed by atoms with Gasteiger partial charge in [0, 0.05) is 12.2 Å². The molecule has 0 bridgehead atoms. The average Bonchev–Trinajstić information content (AvgIpc) is 2.53. The first-order valence-corrected chi connectivity index (χ1v) is 8.12. The molecule has 0 saturated heterocycles. The molecule has 0 aliphatic carbocycles. The standard InChI is InChI=1S/C18H19F3N2OS/c1-12(2)24-16-9-3-13(4-10-16)11-22-17(25)23-15-7-5-14(6-8-15)18(19,20)21/h3-10,12H,11H2,1-2H3,(H2,22,23,25). The van der Waals surface area contributed by atoms with Crippen molar-refractivity contribution in [3.05, 3.63) is 59.7 Å². The molecule has 7 heteroatoms. The van der Waals surface area contributed by atoms with Crippen molar-refractivity contribution < 1.29 is 17.9 Å². The Morgan fingerprint density at radius 1 is 1.04 bits per heavy atom. The van der Waals surface area contributed by atoms with Crippen LogP contribution in [0.15, 0.2) is 48.5 Å². The first-order valence-electron chi connectivity index (χ1n) is 7.72. The van der Waals surface area contributed by atoms with Crippen molar-refractivity contribution in [1.29, 1.82) is 0 Å². The number of hydrogen-bond donors (Lipinski definition) is 2. The number of nitrogens with one attached hydrogen (secondary N) is 2. The van der Waals surface area contributed by atoms with Gasteiger partial charge in [0.15, 0.2) is 5.11 Å². The largest absolute Gasteiger partial charge is 0.491 e. The predicted molar refractivity (Wildman–Crippen MR) is 96.7 cm³/mol. The molecule has 0 spiro atoms. The van der Waals surface area contributed by atoms with Gasteiger partial charge in [-0.15, -0.1) is 0 Å². The predicted octanol–water partition coefficient (Wildman–Crippen LogP) is 4.98. The molecule has 134 valence electrons. The minimum atomic E-state index is -4.34. The Hall–Kier alpha value is -2.28. The second-order valence-corrected chi connectivity index (χ2v) is 6.10. The highest BCUT2D eigenvalue weighted by Crippen LogP contribution is 2.29. The molecule has 0 aromatic heterocycles. The number of thiocarbonyl (C=S) groups is 1. The highest BCUT2D eigenvalue weighted by Gasteiger charge is 2.29. The van der Waals surface area contributed by atoms with E-state index < -0.39 is 11.7 Å². The quantitative estimate of drug-likeness (QED) is 0.730. The van der Waals surface area contributed by atoms with E-state index in [9.17, 15) is 13.2 Å². The van der Waals surface area contributed by atoms with E-state index in [1.165, 1.54) is 12.1 Å². The van der Waals surface area contributed by atoms with Crippen LogP contribution in [-0.2, 0) is 12.7 Å². The zero-order valence-corrected chi connectivity index (χ0v) is 14.7. The van der Waals surface area contributed by atoms with Crippen LogP contribution in [0.3, 0.4) is 0 Å². The van der Waals surface area contributed by atoms with Crippen molar-refractivity contribution in [3.8, 4) is 5.75 Å². The highest BCUT2D eigenvalue weighted by atomic mass is 32.1. The molecule has 25 heavy (non-hydrogen) atoms. The fourth-order valence-electron chi connectivity index (χ4n) is 2.06. The summed E-state index contributed by atoms with van der Waals surface area (Å²) in [5.41, 5.74) is 0.805. The van der Waals surface area contributed by atoms with Gasteiger partial charge in [0.2, 0.25) is 0 Å². The minimum Gasteiger partial charge on any atom is -0.491 e. The molecule has 2 aromatic rings. The second-order valence-electron chi connectivity index (χ2n) is 5.69. The summed E-state index contributed by atoms with van der Waals surface area (Å²) in [4.78, 5) is 0. The summed E-state index contributed by atoms with van der Waals surface area (Å²) < 4.78 is 43.1. The van der Waals surface area contributed by atoms with E-state index in [1.807, 2.05) is 38.1 Å². The smallest absolute Gasteiger partial charge is 0.416 e. The van der Waals surface area contributed by atoms with E-state index in [-0.39, 0.29) is 6.10 Å². The molecule has 0 saturated carbocycles. The molecule has 0 amide bonds. The molecule has 0 aliphatic rings. The van der Waals surface area contributed by atoms with Gasteiger partial charge in [-0.2, -0.15) is 13.2 Å². The van der Waals surface area contributed by atoms with Crippen molar-refractivity contribution in [2.45, 2.75) is 32.7 Å². The van der Waals surface area contributed by atoms with Gasteiger partial charge in [0.1, 0.15) is 5.75 Å². The van der Waals surface area contributed by atoms with Gasteiger partial charge in [-0.25, -0.2) is 0 Å². The maximum absolute atomic E-state index is 12.5. The van der Waals surface area contributed by atoms with Gasteiger partial charge in [-0.3, -0.25) is 0 Å². The van der Waals surface area contributed by atoms with Crippen LogP contribution in [0.25, 0.3) is 0 Å². The molecule has 0 radical (unpaired) electrons. The number of ether oxygens (including phenoxy) is 1. The number of anilines is 1. The summed E-state index contributed by atoms with van der Waals surface area (Å²) in [6, 6.07) is 12.3. The Labute approximate surface area is 150 Å². The zero-order chi connectivity index (χ0) is 18.4. The highest BCUT2D eigenvalue weighted by molar-refractivity contribution is 7.80. The number of alkyl halides is 3. The third kappa shape index (κ3) is 6.26. The number of benzene rings is 2. The van der Waals surface area contributed by atoms with Crippen molar-refractivity contribution in [3.63, 3.8) is 0 Å². The van der Waals surface area contributed by atoms with Crippen LogP contribution in [0.5, 0.6) is 5.75 Å². The molecular formula is C18H19F3N2OS. The van der Waals surface area contributed by atoms with Gasteiger partial charge in [0.05, 0.1) is 11.7 Å². The molecule has 0 unspecified atom stereocenters. The van der Waals surface area contributed by atoms with E-state index >= 15 is 0 Å². The van der Waals surface area contributed by atoms with Crippen LogP contribution in [-0.4, -0.2) is 11.2 Å². The monoisotopic (exact) mass is 368 g/mol. The normalized spacial score (nSPS) is 11.3. The van der Waals surface area contributed by atoms with E-state index in [0.717, 1.165) is 23.4 Å². The lowest BCUT2D eigenvalue weighted by atomic mass is 10.2. The molecule has 2 aromatic carbocycles. The van der Waals surface area contributed by atoms with Gasteiger partial charge < -0.3 is 15.4 Å².